The van der Waals surface area contributed by atoms with Crippen LogP contribution >= 0.6 is 0 Å². The molecular weight excluding hydrogens is 380 g/mol. The summed E-state index contributed by atoms with van der Waals surface area (Å²) in [6, 6.07) is 0. The zero-order chi connectivity index (χ0) is 22.9. The SMILES string of the molecule is C=CCCCCCCCCCCC(O)(CCCCC=CO)CCCCCCCCCC. The highest BCUT2D eigenvalue weighted by atomic mass is 16.3. The van der Waals surface area contributed by atoms with Crippen molar-refractivity contribution in [3.8, 4) is 0 Å². The molecule has 0 amide bonds. The van der Waals surface area contributed by atoms with Crippen molar-refractivity contribution in [2.45, 2.75) is 160 Å². The average Bonchev–Trinajstić information content (AvgIpc) is 2.77. The third kappa shape index (κ3) is 22.2. The third-order valence-electron chi connectivity index (χ3n) is 6.66. The van der Waals surface area contributed by atoms with Gasteiger partial charge in [0.1, 0.15) is 0 Å². The molecule has 0 bridgehead atoms. The second-order valence-electron chi connectivity index (χ2n) is 9.74. The fraction of sp³-hybridized carbons (Fsp3) is 0.862. The van der Waals surface area contributed by atoms with Gasteiger partial charge in [-0.2, -0.15) is 0 Å². The first-order valence-electron chi connectivity index (χ1n) is 13.8. The van der Waals surface area contributed by atoms with Crippen molar-refractivity contribution in [3.05, 3.63) is 25.0 Å². The first kappa shape index (κ1) is 30.2. The first-order chi connectivity index (χ1) is 15.2. The van der Waals surface area contributed by atoms with E-state index in [0.29, 0.717) is 0 Å². The topological polar surface area (TPSA) is 40.5 Å². The van der Waals surface area contributed by atoms with Crippen LogP contribution in [0.1, 0.15) is 155 Å². The predicted molar refractivity (Wildman–Crippen MR) is 139 cm³/mol. The Morgan fingerprint density at radius 3 is 1.42 bits per heavy atom. The van der Waals surface area contributed by atoms with E-state index in [-0.39, 0.29) is 0 Å². The smallest absolute Gasteiger partial charge is 0.0751 e. The van der Waals surface area contributed by atoms with Crippen molar-refractivity contribution in [3.63, 3.8) is 0 Å². The summed E-state index contributed by atoms with van der Waals surface area (Å²) in [7, 11) is 0. The standard InChI is InChI=1S/C29H56O2/c1-3-5-7-9-11-13-14-16-18-22-26-29(31,27-23-19-20-24-28-30)25-21-17-15-12-10-8-6-4-2/h3,24,28,30-31H,1,4-23,25-27H2,2H3. The summed E-state index contributed by atoms with van der Waals surface area (Å²) in [6.45, 7) is 6.06. The number of unbranched alkanes of at least 4 members (excludes halogenated alkanes) is 17. The molecule has 31 heavy (non-hydrogen) atoms. The summed E-state index contributed by atoms with van der Waals surface area (Å²) in [5, 5.41) is 20.1. The second kappa shape index (κ2) is 23.9. The summed E-state index contributed by atoms with van der Waals surface area (Å²) in [5.74, 6) is 0. The van der Waals surface area contributed by atoms with Crippen LogP contribution in [0.5, 0.6) is 0 Å². The monoisotopic (exact) mass is 436 g/mol. The van der Waals surface area contributed by atoms with E-state index in [1.54, 1.807) is 0 Å². The van der Waals surface area contributed by atoms with Crippen LogP contribution in [0.3, 0.4) is 0 Å². The van der Waals surface area contributed by atoms with E-state index in [4.69, 9.17) is 5.11 Å². The summed E-state index contributed by atoms with van der Waals surface area (Å²) in [5.41, 5.74) is -0.462. The van der Waals surface area contributed by atoms with E-state index in [2.05, 4.69) is 13.5 Å². The van der Waals surface area contributed by atoms with Crippen molar-refractivity contribution < 1.29 is 10.2 Å². The number of hydrogen-bond acceptors (Lipinski definition) is 2. The van der Waals surface area contributed by atoms with Gasteiger partial charge in [-0.05, 0) is 44.9 Å². The minimum Gasteiger partial charge on any atom is -0.516 e. The largest absolute Gasteiger partial charge is 0.516 e. The molecule has 2 nitrogen and oxygen atoms in total. The molecule has 0 aliphatic rings. The Morgan fingerprint density at radius 1 is 0.581 bits per heavy atom. The molecule has 1 atom stereocenters. The third-order valence-corrected chi connectivity index (χ3v) is 6.66. The molecule has 0 saturated carbocycles. The highest BCUT2D eigenvalue weighted by Gasteiger charge is 2.25. The number of allylic oxidation sites excluding steroid dienone is 2. The van der Waals surface area contributed by atoms with Crippen LogP contribution in [0, 0.1) is 0 Å². The summed E-state index contributed by atoms with van der Waals surface area (Å²) in [6.07, 6.45) is 33.1. The van der Waals surface area contributed by atoms with Crippen molar-refractivity contribution in [1.82, 2.24) is 0 Å². The normalized spacial score (nSPS) is 13.6. The average molecular weight is 437 g/mol. The second-order valence-corrected chi connectivity index (χ2v) is 9.74. The predicted octanol–water partition coefficient (Wildman–Crippen LogP) is 9.97. The zero-order valence-corrected chi connectivity index (χ0v) is 21.1. The lowest BCUT2D eigenvalue weighted by Gasteiger charge is -2.28. The van der Waals surface area contributed by atoms with Gasteiger partial charge in [-0.15, -0.1) is 6.58 Å². The van der Waals surface area contributed by atoms with Crippen molar-refractivity contribution >= 4 is 0 Å². The van der Waals surface area contributed by atoms with Gasteiger partial charge in [0.05, 0.1) is 11.9 Å². The summed E-state index contributed by atoms with van der Waals surface area (Å²) in [4.78, 5) is 0. The van der Waals surface area contributed by atoms with Crippen LogP contribution in [0.25, 0.3) is 0 Å². The molecule has 0 spiro atoms. The Balaban J connectivity index is 3.99. The van der Waals surface area contributed by atoms with Crippen LogP contribution in [0.15, 0.2) is 25.0 Å². The molecule has 0 aromatic rings. The van der Waals surface area contributed by atoms with Gasteiger partial charge in [-0.3, -0.25) is 0 Å². The van der Waals surface area contributed by atoms with Crippen LogP contribution in [-0.4, -0.2) is 15.8 Å². The van der Waals surface area contributed by atoms with E-state index >= 15 is 0 Å². The highest BCUT2D eigenvalue weighted by Crippen LogP contribution is 2.29. The Labute approximate surface area is 195 Å². The Morgan fingerprint density at radius 2 is 0.968 bits per heavy atom. The lowest BCUT2D eigenvalue weighted by atomic mass is 9.85. The molecule has 0 radical (unpaired) electrons. The van der Waals surface area contributed by atoms with Gasteiger partial charge in [0.2, 0.25) is 0 Å². The Kier molecular flexibility index (Phi) is 23.3. The molecule has 184 valence electrons. The Hall–Kier alpha value is -0.760. The van der Waals surface area contributed by atoms with Crippen molar-refractivity contribution in [2.75, 3.05) is 0 Å². The fourth-order valence-corrected chi connectivity index (χ4v) is 4.56. The maximum atomic E-state index is 11.3. The van der Waals surface area contributed by atoms with Gasteiger partial charge in [0.15, 0.2) is 0 Å². The molecular formula is C29H56O2. The molecule has 0 aliphatic carbocycles. The van der Waals surface area contributed by atoms with Gasteiger partial charge < -0.3 is 10.2 Å². The molecule has 2 heteroatoms. The van der Waals surface area contributed by atoms with Crippen molar-refractivity contribution in [2.24, 2.45) is 0 Å². The van der Waals surface area contributed by atoms with E-state index in [1.165, 1.54) is 103 Å². The van der Waals surface area contributed by atoms with E-state index in [0.717, 1.165) is 51.2 Å². The van der Waals surface area contributed by atoms with E-state index < -0.39 is 5.60 Å². The molecule has 1 unspecified atom stereocenters. The van der Waals surface area contributed by atoms with Gasteiger partial charge in [0.25, 0.3) is 0 Å². The molecule has 2 N–H and O–H groups in total. The number of aliphatic hydroxyl groups excluding tert-OH is 1. The number of aliphatic hydroxyl groups is 2. The molecule has 0 fully saturated rings. The lowest BCUT2D eigenvalue weighted by molar-refractivity contribution is 0.00724. The minimum atomic E-state index is -0.462. The molecule has 0 aliphatic heterocycles. The quantitative estimate of drug-likeness (QED) is 0.0848. The van der Waals surface area contributed by atoms with Gasteiger partial charge >= 0.3 is 0 Å². The van der Waals surface area contributed by atoms with E-state index in [9.17, 15) is 5.11 Å². The van der Waals surface area contributed by atoms with Crippen LogP contribution in [0.4, 0.5) is 0 Å². The van der Waals surface area contributed by atoms with Crippen LogP contribution in [0.2, 0.25) is 0 Å². The minimum absolute atomic E-state index is 0.462. The fourth-order valence-electron chi connectivity index (χ4n) is 4.56. The zero-order valence-electron chi connectivity index (χ0n) is 21.1. The molecule has 0 heterocycles. The van der Waals surface area contributed by atoms with Crippen LogP contribution < -0.4 is 0 Å². The molecule has 0 aromatic carbocycles. The summed E-state index contributed by atoms with van der Waals surface area (Å²) >= 11 is 0. The molecule has 0 saturated heterocycles. The maximum Gasteiger partial charge on any atom is 0.0751 e. The van der Waals surface area contributed by atoms with E-state index in [1.807, 2.05) is 12.2 Å². The lowest BCUT2D eigenvalue weighted by Crippen LogP contribution is -2.28. The number of hydrogen-bond donors (Lipinski definition) is 2. The molecule has 0 aromatic heterocycles. The highest BCUT2D eigenvalue weighted by molar-refractivity contribution is 4.80. The molecule has 0 rings (SSSR count). The van der Waals surface area contributed by atoms with Crippen molar-refractivity contribution in [1.29, 1.82) is 0 Å². The van der Waals surface area contributed by atoms with Gasteiger partial charge in [-0.25, -0.2) is 0 Å². The Bertz CT molecular complexity index is 390. The first-order valence-corrected chi connectivity index (χ1v) is 13.8. The maximum absolute atomic E-state index is 11.3. The van der Waals surface area contributed by atoms with Gasteiger partial charge in [-0.1, -0.05) is 122 Å². The van der Waals surface area contributed by atoms with Crippen LogP contribution in [-0.2, 0) is 0 Å². The number of rotatable bonds is 25. The summed E-state index contributed by atoms with van der Waals surface area (Å²) < 4.78 is 0. The van der Waals surface area contributed by atoms with Gasteiger partial charge in [0, 0.05) is 0 Å².